The first-order chi connectivity index (χ1) is 10.0. The Kier molecular flexibility index (Phi) is 4.74. The molecule has 1 aliphatic rings. The van der Waals surface area contributed by atoms with Gasteiger partial charge in [-0.25, -0.2) is 4.98 Å². The third-order valence-corrected chi connectivity index (χ3v) is 3.48. The molecular weight excluding hydrogens is 296 g/mol. The Labute approximate surface area is 126 Å². The Morgan fingerprint density at radius 3 is 2.81 bits per heavy atom. The monoisotopic (exact) mass is 310 g/mol. The number of amides is 3. The molecule has 8 heteroatoms. The zero-order valence-electron chi connectivity index (χ0n) is 11.5. The number of halogens is 1. The normalized spacial score (nSPS) is 18.3. The van der Waals surface area contributed by atoms with E-state index in [9.17, 15) is 14.4 Å². The van der Waals surface area contributed by atoms with E-state index in [1.54, 1.807) is 18.2 Å². The van der Waals surface area contributed by atoms with Gasteiger partial charge in [0.2, 0.25) is 18.2 Å². The van der Waals surface area contributed by atoms with E-state index in [1.165, 1.54) is 16.7 Å². The fraction of sp³-hybridized carbons (Fsp3) is 0.385. The lowest BCUT2D eigenvalue weighted by molar-refractivity contribution is -0.139. The van der Waals surface area contributed by atoms with Crippen LogP contribution in [0.1, 0.15) is 6.92 Å². The average Bonchev–Trinajstić information content (AvgIpc) is 2.46. The maximum Gasteiger partial charge on any atom is 0.250 e. The SMILES string of the molecule is CC(=O)N1CCN(C=O)C(C(=O)Nc2cccc(Cl)n2)C1. The highest BCUT2D eigenvalue weighted by molar-refractivity contribution is 6.29. The number of carbonyl (C=O) groups is 3. The average molecular weight is 311 g/mol. The lowest BCUT2D eigenvalue weighted by Crippen LogP contribution is -2.58. The Bertz CT molecular complexity index is 566. The highest BCUT2D eigenvalue weighted by Gasteiger charge is 2.32. The van der Waals surface area contributed by atoms with Gasteiger partial charge >= 0.3 is 0 Å². The summed E-state index contributed by atoms with van der Waals surface area (Å²) in [7, 11) is 0. The Hall–Kier alpha value is -2.15. The molecule has 2 rings (SSSR count). The summed E-state index contributed by atoms with van der Waals surface area (Å²) < 4.78 is 0. The number of nitrogens with zero attached hydrogens (tertiary/aromatic N) is 3. The Morgan fingerprint density at radius 2 is 2.19 bits per heavy atom. The second kappa shape index (κ2) is 6.53. The van der Waals surface area contributed by atoms with Crippen LogP contribution < -0.4 is 5.32 Å². The standard InChI is InChI=1S/C13H15ClN4O3/c1-9(20)17-5-6-18(8-19)10(7-17)13(21)16-12-4-2-3-11(14)15-12/h2-4,8,10H,5-7H2,1H3,(H,15,16,21). The van der Waals surface area contributed by atoms with Crippen molar-refractivity contribution in [3.63, 3.8) is 0 Å². The van der Waals surface area contributed by atoms with E-state index in [0.717, 1.165) is 0 Å². The molecule has 0 radical (unpaired) electrons. The van der Waals surface area contributed by atoms with Crippen LogP contribution in [0.4, 0.5) is 5.82 Å². The van der Waals surface area contributed by atoms with Crippen LogP contribution in [0.2, 0.25) is 5.15 Å². The molecule has 0 aromatic carbocycles. The van der Waals surface area contributed by atoms with Crippen molar-refractivity contribution in [3.05, 3.63) is 23.4 Å². The molecular formula is C13H15ClN4O3. The van der Waals surface area contributed by atoms with Crippen molar-refractivity contribution in [2.75, 3.05) is 25.0 Å². The zero-order valence-corrected chi connectivity index (χ0v) is 12.2. The summed E-state index contributed by atoms with van der Waals surface area (Å²) in [4.78, 5) is 41.6. The molecule has 3 amide bonds. The second-order valence-electron chi connectivity index (χ2n) is 4.66. The predicted octanol–water partition coefficient (Wildman–Crippen LogP) is 0.363. The molecule has 1 N–H and O–H groups in total. The summed E-state index contributed by atoms with van der Waals surface area (Å²) in [5, 5.41) is 2.86. The van der Waals surface area contributed by atoms with Gasteiger partial charge in [-0.15, -0.1) is 0 Å². The number of anilines is 1. The maximum atomic E-state index is 12.3. The van der Waals surface area contributed by atoms with Gasteiger partial charge in [-0.1, -0.05) is 17.7 Å². The summed E-state index contributed by atoms with van der Waals surface area (Å²) in [5.41, 5.74) is 0. The van der Waals surface area contributed by atoms with E-state index in [1.807, 2.05) is 0 Å². The minimum atomic E-state index is -0.735. The first-order valence-corrected chi connectivity index (χ1v) is 6.79. The third kappa shape index (κ3) is 3.69. The van der Waals surface area contributed by atoms with Gasteiger partial charge in [0.05, 0.1) is 6.54 Å². The molecule has 1 aromatic rings. The van der Waals surface area contributed by atoms with Crippen molar-refractivity contribution in [1.82, 2.24) is 14.8 Å². The molecule has 0 aliphatic carbocycles. The fourth-order valence-corrected chi connectivity index (χ4v) is 2.29. The van der Waals surface area contributed by atoms with E-state index in [-0.39, 0.29) is 17.6 Å². The van der Waals surface area contributed by atoms with Crippen LogP contribution in [-0.4, -0.2) is 58.7 Å². The number of carbonyl (C=O) groups excluding carboxylic acids is 3. The molecule has 21 heavy (non-hydrogen) atoms. The summed E-state index contributed by atoms with van der Waals surface area (Å²) in [6.07, 6.45) is 0.618. The van der Waals surface area contributed by atoms with Gasteiger partial charge in [-0.3, -0.25) is 14.4 Å². The lowest BCUT2D eigenvalue weighted by Gasteiger charge is -2.38. The highest BCUT2D eigenvalue weighted by Crippen LogP contribution is 2.13. The van der Waals surface area contributed by atoms with Gasteiger partial charge in [-0.05, 0) is 12.1 Å². The topological polar surface area (TPSA) is 82.6 Å². The molecule has 1 aliphatic heterocycles. The van der Waals surface area contributed by atoms with Crippen molar-refractivity contribution in [3.8, 4) is 0 Å². The molecule has 1 atom stereocenters. The number of aromatic nitrogens is 1. The molecule has 0 spiro atoms. The van der Waals surface area contributed by atoms with E-state index < -0.39 is 11.9 Å². The summed E-state index contributed by atoms with van der Waals surface area (Å²) in [6.45, 7) is 2.35. The summed E-state index contributed by atoms with van der Waals surface area (Å²) in [5.74, 6) is -0.222. The number of hydrogen-bond donors (Lipinski definition) is 1. The molecule has 1 fully saturated rings. The molecule has 0 saturated carbocycles. The van der Waals surface area contributed by atoms with Crippen LogP contribution >= 0.6 is 11.6 Å². The number of piperazine rings is 1. The highest BCUT2D eigenvalue weighted by atomic mass is 35.5. The van der Waals surface area contributed by atoms with E-state index in [0.29, 0.717) is 25.3 Å². The number of rotatable bonds is 3. The molecule has 2 heterocycles. The van der Waals surface area contributed by atoms with E-state index in [2.05, 4.69) is 10.3 Å². The number of hydrogen-bond acceptors (Lipinski definition) is 4. The largest absolute Gasteiger partial charge is 0.339 e. The molecule has 1 saturated heterocycles. The summed E-state index contributed by atoms with van der Waals surface area (Å²) >= 11 is 5.75. The molecule has 0 bridgehead atoms. The molecule has 112 valence electrons. The zero-order chi connectivity index (χ0) is 15.4. The Morgan fingerprint density at radius 1 is 1.43 bits per heavy atom. The van der Waals surface area contributed by atoms with Gasteiger partial charge in [0.25, 0.3) is 0 Å². The first-order valence-electron chi connectivity index (χ1n) is 6.41. The molecule has 1 aromatic heterocycles. The minimum absolute atomic E-state index is 0.126. The van der Waals surface area contributed by atoms with Crippen molar-refractivity contribution < 1.29 is 14.4 Å². The third-order valence-electron chi connectivity index (χ3n) is 3.27. The molecule has 7 nitrogen and oxygen atoms in total. The van der Waals surface area contributed by atoms with Crippen molar-refractivity contribution >= 4 is 35.6 Å². The van der Waals surface area contributed by atoms with Gasteiger partial charge in [0.15, 0.2) is 0 Å². The quantitative estimate of drug-likeness (QED) is 0.645. The van der Waals surface area contributed by atoms with E-state index in [4.69, 9.17) is 11.6 Å². The fourth-order valence-electron chi connectivity index (χ4n) is 2.13. The number of pyridine rings is 1. The number of nitrogens with one attached hydrogen (secondary N) is 1. The van der Waals surface area contributed by atoms with Crippen LogP contribution in [0.25, 0.3) is 0 Å². The van der Waals surface area contributed by atoms with Gasteiger partial charge in [0, 0.05) is 20.0 Å². The van der Waals surface area contributed by atoms with Gasteiger partial charge in [0.1, 0.15) is 17.0 Å². The van der Waals surface area contributed by atoms with Gasteiger partial charge < -0.3 is 15.1 Å². The van der Waals surface area contributed by atoms with Crippen molar-refractivity contribution in [1.29, 1.82) is 0 Å². The summed E-state index contributed by atoms with van der Waals surface area (Å²) in [6, 6.07) is 4.11. The van der Waals surface area contributed by atoms with Crippen LogP contribution in [0.5, 0.6) is 0 Å². The van der Waals surface area contributed by atoms with Crippen LogP contribution in [0.15, 0.2) is 18.2 Å². The second-order valence-corrected chi connectivity index (χ2v) is 5.05. The van der Waals surface area contributed by atoms with Crippen LogP contribution in [0.3, 0.4) is 0 Å². The maximum absolute atomic E-state index is 12.3. The Balaban J connectivity index is 2.10. The molecule has 1 unspecified atom stereocenters. The van der Waals surface area contributed by atoms with E-state index >= 15 is 0 Å². The smallest absolute Gasteiger partial charge is 0.250 e. The minimum Gasteiger partial charge on any atom is -0.339 e. The van der Waals surface area contributed by atoms with Crippen LogP contribution in [-0.2, 0) is 14.4 Å². The van der Waals surface area contributed by atoms with Crippen molar-refractivity contribution in [2.45, 2.75) is 13.0 Å². The first kappa shape index (κ1) is 15.2. The predicted molar refractivity (Wildman–Crippen MR) is 76.7 cm³/mol. The van der Waals surface area contributed by atoms with Crippen molar-refractivity contribution in [2.24, 2.45) is 0 Å². The van der Waals surface area contributed by atoms with Crippen LogP contribution in [0, 0.1) is 0 Å². The van der Waals surface area contributed by atoms with Gasteiger partial charge in [-0.2, -0.15) is 0 Å². The lowest BCUT2D eigenvalue weighted by atomic mass is 10.1.